The Bertz CT molecular complexity index is 658. The van der Waals surface area contributed by atoms with Crippen molar-refractivity contribution in [2.24, 2.45) is 17.8 Å². The van der Waals surface area contributed by atoms with Crippen molar-refractivity contribution in [1.82, 2.24) is 4.90 Å². The minimum atomic E-state index is -1.59. The number of hydrogen-bond donors (Lipinski definition) is 4. The van der Waals surface area contributed by atoms with Crippen LogP contribution in [0.1, 0.15) is 47.5 Å². The topological polar surface area (TPSA) is 155 Å². The first-order valence-electron chi connectivity index (χ1n) is 11.6. The molecule has 0 aromatic carbocycles. The van der Waals surface area contributed by atoms with Crippen molar-refractivity contribution in [3.63, 3.8) is 0 Å². The van der Waals surface area contributed by atoms with Gasteiger partial charge in [-0.15, -0.1) is 0 Å². The maximum absolute atomic E-state index is 12.0. The van der Waals surface area contributed by atoms with Crippen LogP contribution in [-0.4, -0.2) is 108 Å². The van der Waals surface area contributed by atoms with Gasteiger partial charge in [-0.1, -0.05) is 13.8 Å². The highest BCUT2D eigenvalue weighted by Gasteiger charge is 2.49. The van der Waals surface area contributed by atoms with Gasteiger partial charge in [0.15, 0.2) is 12.4 Å². The molecule has 0 saturated carbocycles. The molecule has 11 heteroatoms. The van der Waals surface area contributed by atoms with Crippen molar-refractivity contribution in [3.05, 3.63) is 0 Å². The number of rotatable bonds is 12. The lowest BCUT2D eigenvalue weighted by Crippen LogP contribution is -2.60. The summed E-state index contributed by atoms with van der Waals surface area (Å²) in [7, 11) is 4.83. The van der Waals surface area contributed by atoms with E-state index >= 15 is 0 Å². The summed E-state index contributed by atoms with van der Waals surface area (Å²) < 4.78 is 22.4. The van der Waals surface area contributed by atoms with Gasteiger partial charge in [0.25, 0.3) is 0 Å². The summed E-state index contributed by atoms with van der Waals surface area (Å²) in [5, 5.41) is 41.1. The highest BCUT2D eigenvalue weighted by Crippen LogP contribution is 2.35. The Morgan fingerprint density at radius 1 is 1.24 bits per heavy atom. The number of aliphatic carboxylic acids is 1. The second-order valence-corrected chi connectivity index (χ2v) is 10.0. The van der Waals surface area contributed by atoms with E-state index in [1.54, 1.807) is 13.8 Å². The number of carbonyl (C=O) groups excluding carboxylic acids is 1. The van der Waals surface area contributed by atoms with Crippen molar-refractivity contribution >= 4 is 12.1 Å². The van der Waals surface area contributed by atoms with E-state index in [0.717, 1.165) is 0 Å². The van der Waals surface area contributed by atoms with E-state index in [0.29, 0.717) is 6.42 Å². The molecule has 1 fully saturated rings. The largest absolute Gasteiger partial charge is 0.508 e. The fraction of sp³-hybridized carbons (Fsp3) is 0.913. The third-order valence-corrected chi connectivity index (χ3v) is 6.53. The molecule has 0 aromatic rings. The zero-order valence-electron chi connectivity index (χ0n) is 21.5. The molecule has 34 heavy (non-hydrogen) atoms. The quantitative estimate of drug-likeness (QED) is 0.289. The van der Waals surface area contributed by atoms with E-state index in [-0.39, 0.29) is 31.1 Å². The Labute approximate surface area is 201 Å². The third kappa shape index (κ3) is 8.03. The average Bonchev–Trinajstić information content (AvgIpc) is 2.76. The van der Waals surface area contributed by atoms with Crippen LogP contribution in [0.4, 0.5) is 4.79 Å². The number of methoxy groups -OCH3 is 1. The van der Waals surface area contributed by atoms with Gasteiger partial charge in [-0.3, -0.25) is 4.79 Å². The SMILES string of the molecule is COC(=O)O[C@H]1C(O[C@H]([C@@H](C)[C@H](O)[C@@H](C)C(=O)O)[C@](C)(O)C[C@@H](C)CO)O[C@H](C)C[C@@H]1N(C)C. The number of carboxylic acids is 1. The van der Waals surface area contributed by atoms with Crippen LogP contribution in [0, 0.1) is 17.8 Å². The highest BCUT2D eigenvalue weighted by atomic mass is 16.8. The molecule has 1 aliphatic rings. The zero-order valence-corrected chi connectivity index (χ0v) is 21.5. The van der Waals surface area contributed by atoms with E-state index in [9.17, 15) is 30.0 Å². The van der Waals surface area contributed by atoms with Gasteiger partial charge in [-0.05, 0) is 53.6 Å². The molecular formula is C23H43NO10. The first kappa shape index (κ1) is 30.5. The minimum absolute atomic E-state index is 0.106. The second kappa shape index (κ2) is 13.0. The molecule has 4 N–H and O–H groups in total. The van der Waals surface area contributed by atoms with Gasteiger partial charge >= 0.3 is 12.1 Å². The molecule has 1 rings (SSSR count). The molecular weight excluding hydrogens is 450 g/mol. The fourth-order valence-corrected chi connectivity index (χ4v) is 4.57. The predicted molar refractivity (Wildman–Crippen MR) is 122 cm³/mol. The molecule has 1 unspecified atom stereocenters. The van der Waals surface area contributed by atoms with Gasteiger partial charge in [-0.25, -0.2) is 4.79 Å². The number of hydrogen-bond acceptors (Lipinski definition) is 10. The van der Waals surface area contributed by atoms with Crippen LogP contribution in [0.2, 0.25) is 0 Å². The molecule has 0 amide bonds. The summed E-state index contributed by atoms with van der Waals surface area (Å²) in [6, 6.07) is -0.298. The number of likely N-dealkylation sites (N-methyl/N-ethyl adjacent to an activating group) is 1. The molecule has 0 radical (unpaired) electrons. The summed E-state index contributed by atoms with van der Waals surface area (Å²) >= 11 is 0. The molecule has 1 saturated heterocycles. The second-order valence-electron chi connectivity index (χ2n) is 10.0. The lowest BCUT2D eigenvalue weighted by atomic mass is 9.78. The number of nitrogens with zero attached hydrogens (tertiary/aromatic N) is 1. The molecule has 1 heterocycles. The molecule has 1 aliphatic heterocycles. The van der Waals surface area contributed by atoms with Gasteiger partial charge in [-0.2, -0.15) is 0 Å². The van der Waals surface area contributed by atoms with Crippen molar-refractivity contribution in [2.45, 2.75) is 89.8 Å². The molecule has 11 nitrogen and oxygen atoms in total. The van der Waals surface area contributed by atoms with Crippen molar-refractivity contribution in [2.75, 3.05) is 27.8 Å². The van der Waals surface area contributed by atoms with E-state index in [4.69, 9.17) is 14.2 Å². The summed E-state index contributed by atoms with van der Waals surface area (Å²) in [4.78, 5) is 25.4. The normalized spacial score (nSPS) is 29.4. The Kier molecular flexibility index (Phi) is 11.7. The Hall–Kier alpha value is -1.50. The van der Waals surface area contributed by atoms with E-state index in [2.05, 4.69) is 4.74 Å². The Morgan fingerprint density at radius 3 is 2.29 bits per heavy atom. The molecule has 0 aromatic heterocycles. The minimum Gasteiger partial charge on any atom is -0.481 e. The van der Waals surface area contributed by atoms with Gasteiger partial charge in [0, 0.05) is 12.5 Å². The highest BCUT2D eigenvalue weighted by molar-refractivity contribution is 5.70. The standard InChI is InChI=1S/C23H43NO10/c1-12(11-25)10-23(5,30)19(14(3)17(26)15(4)20(27)28)34-21-18(33-22(29)31-8)16(24(6)7)9-13(2)32-21/h12-19,21,25-26,30H,9-11H2,1-8H3,(H,27,28)/t12-,13-,14+,15-,16+,17+,18-,19-,21?,23-/m1/s1. The smallest absolute Gasteiger partial charge is 0.481 e. The number of carboxylic acid groups (broad SMARTS) is 1. The van der Waals surface area contributed by atoms with E-state index in [1.165, 1.54) is 21.0 Å². The summed E-state index contributed by atoms with van der Waals surface area (Å²) in [6.07, 6.45) is -5.10. The van der Waals surface area contributed by atoms with Crippen LogP contribution in [0.25, 0.3) is 0 Å². The predicted octanol–water partition coefficient (Wildman–Crippen LogP) is 1.08. The number of aliphatic hydroxyl groups excluding tert-OH is 2. The van der Waals surface area contributed by atoms with Gasteiger partial charge in [0.05, 0.1) is 43.0 Å². The number of ether oxygens (including phenoxy) is 4. The van der Waals surface area contributed by atoms with Gasteiger partial charge in [0.2, 0.25) is 0 Å². The fourth-order valence-electron chi connectivity index (χ4n) is 4.57. The van der Waals surface area contributed by atoms with E-state index < -0.39 is 54.2 Å². The maximum atomic E-state index is 12.0. The summed E-state index contributed by atoms with van der Waals surface area (Å²) in [5.74, 6) is -3.48. The first-order valence-corrected chi connectivity index (χ1v) is 11.6. The maximum Gasteiger partial charge on any atom is 0.508 e. The Balaban J connectivity index is 3.39. The molecule has 0 spiro atoms. The Morgan fingerprint density at radius 2 is 1.82 bits per heavy atom. The molecule has 0 aliphatic carbocycles. The third-order valence-electron chi connectivity index (χ3n) is 6.53. The number of carbonyl (C=O) groups is 2. The van der Waals surface area contributed by atoms with Gasteiger partial charge < -0.3 is 44.3 Å². The first-order chi connectivity index (χ1) is 15.7. The van der Waals surface area contributed by atoms with Crippen molar-refractivity contribution in [1.29, 1.82) is 0 Å². The summed E-state index contributed by atoms with van der Waals surface area (Å²) in [6.45, 7) is 7.86. The van der Waals surface area contributed by atoms with Crippen molar-refractivity contribution < 1.29 is 49.0 Å². The molecule has 0 bridgehead atoms. The van der Waals surface area contributed by atoms with Crippen LogP contribution >= 0.6 is 0 Å². The monoisotopic (exact) mass is 493 g/mol. The lowest BCUT2D eigenvalue weighted by molar-refractivity contribution is -0.299. The van der Waals surface area contributed by atoms with Crippen LogP contribution in [0.15, 0.2) is 0 Å². The van der Waals surface area contributed by atoms with Crippen LogP contribution in [-0.2, 0) is 23.7 Å². The zero-order chi connectivity index (χ0) is 26.4. The van der Waals surface area contributed by atoms with Gasteiger partial charge in [0.1, 0.15) is 0 Å². The van der Waals surface area contributed by atoms with Crippen LogP contribution < -0.4 is 0 Å². The molecule has 200 valence electrons. The van der Waals surface area contributed by atoms with Crippen molar-refractivity contribution in [3.8, 4) is 0 Å². The van der Waals surface area contributed by atoms with E-state index in [1.807, 2.05) is 25.9 Å². The number of aliphatic hydroxyl groups is 3. The van der Waals surface area contributed by atoms with Crippen LogP contribution in [0.5, 0.6) is 0 Å². The molecule has 10 atom stereocenters. The average molecular weight is 494 g/mol. The summed E-state index contributed by atoms with van der Waals surface area (Å²) in [5.41, 5.74) is -1.59. The lowest BCUT2D eigenvalue weighted by Gasteiger charge is -2.47. The van der Waals surface area contributed by atoms with Crippen LogP contribution in [0.3, 0.4) is 0 Å².